The third-order valence-electron chi connectivity index (χ3n) is 7.69. The van der Waals surface area contributed by atoms with Crippen LogP contribution < -0.4 is 15.0 Å². The number of amides is 2. The summed E-state index contributed by atoms with van der Waals surface area (Å²) in [5.41, 5.74) is 0.488. The van der Waals surface area contributed by atoms with Crippen LogP contribution in [0.3, 0.4) is 0 Å². The lowest BCUT2D eigenvalue weighted by Crippen LogP contribution is -2.64. The van der Waals surface area contributed by atoms with E-state index >= 15 is 0 Å². The van der Waals surface area contributed by atoms with Gasteiger partial charge in [0.1, 0.15) is 23.0 Å². The van der Waals surface area contributed by atoms with E-state index in [2.05, 4.69) is 5.32 Å². The number of nitrogens with zero attached hydrogens (tertiary/aromatic N) is 1. The molecule has 6 bridgehead atoms. The number of rotatable bonds is 1. The Hall–Kier alpha value is -2.59. The first-order valence-corrected chi connectivity index (χ1v) is 12.8. The van der Waals surface area contributed by atoms with Crippen molar-refractivity contribution in [1.82, 2.24) is 5.32 Å². The summed E-state index contributed by atoms with van der Waals surface area (Å²) in [4.78, 5) is 27.0. The average Bonchev–Trinajstić information content (AvgIpc) is 2.84. The van der Waals surface area contributed by atoms with Gasteiger partial charge in [-0.1, -0.05) is 49.2 Å². The van der Waals surface area contributed by atoms with Crippen molar-refractivity contribution in [2.45, 2.75) is 70.2 Å². The number of anilines is 1. The van der Waals surface area contributed by atoms with E-state index in [-0.39, 0.29) is 42.8 Å². The summed E-state index contributed by atoms with van der Waals surface area (Å²) < 4.78 is 17.0. The van der Waals surface area contributed by atoms with Crippen LogP contribution in [0.2, 0.25) is 5.02 Å². The molecule has 0 aliphatic carbocycles. The van der Waals surface area contributed by atoms with Crippen LogP contribution in [0.5, 0.6) is 5.75 Å². The number of methoxy groups -OCH3 is 1. The molecule has 2 amide bonds. The number of nitrogens with one attached hydrogen (secondary N) is 1. The molecular weight excluding hydrogens is 500 g/mol. The maximum atomic E-state index is 13.2. The Morgan fingerprint density at radius 3 is 2.59 bits per heavy atom. The molecule has 10 heteroatoms. The Kier molecular flexibility index (Phi) is 7.90. The van der Waals surface area contributed by atoms with Gasteiger partial charge in [0.05, 0.1) is 31.4 Å². The summed E-state index contributed by atoms with van der Waals surface area (Å²) in [6.45, 7) is 5.79. The number of allylic oxidation sites excluding steroid dienone is 3. The lowest BCUT2D eigenvalue weighted by molar-refractivity contribution is -0.222. The minimum absolute atomic E-state index is 0.00382. The maximum absolute atomic E-state index is 13.2. The van der Waals surface area contributed by atoms with E-state index in [0.717, 1.165) is 11.1 Å². The van der Waals surface area contributed by atoms with Gasteiger partial charge in [0.25, 0.3) is 0 Å². The molecule has 0 spiro atoms. The van der Waals surface area contributed by atoms with Crippen molar-refractivity contribution in [3.8, 4) is 5.75 Å². The Bertz CT molecular complexity index is 1120. The lowest BCUT2D eigenvalue weighted by Gasteiger charge is -2.49. The number of carbonyl (C=O) groups is 2. The number of ether oxygens (including phenoxy) is 3. The van der Waals surface area contributed by atoms with Crippen LogP contribution in [-0.4, -0.2) is 66.5 Å². The normalized spacial score (nSPS) is 37.0. The van der Waals surface area contributed by atoms with Gasteiger partial charge in [0.2, 0.25) is 5.91 Å². The fourth-order valence-corrected chi connectivity index (χ4v) is 5.61. The zero-order valence-electron chi connectivity index (χ0n) is 21.7. The average molecular weight is 535 g/mol. The molecule has 4 heterocycles. The molecule has 37 heavy (non-hydrogen) atoms. The van der Waals surface area contributed by atoms with Crippen LogP contribution >= 0.6 is 11.6 Å². The van der Waals surface area contributed by atoms with Gasteiger partial charge in [-0.25, -0.2) is 4.79 Å². The van der Waals surface area contributed by atoms with E-state index < -0.39 is 24.0 Å². The van der Waals surface area contributed by atoms with Crippen LogP contribution in [0.4, 0.5) is 10.5 Å². The van der Waals surface area contributed by atoms with E-state index in [1.165, 1.54) is 18.1 Å². The summed E-state index contributed by atoms with van der Waals surface area (Å²) in [7, 11) is 3.21. The zero-order chi connectivity index (χ0) is 27.1. The number of hydrogen-bond acceptors (Lipinski definition) is 7. The summed E-state index contributed by atoms with van der Waals surface area (Å²) in [6.07, 6.45) is 2.10. The summed E-state index contributed by atoms with van der Waals surface area (Å²) >= 11 is 6.58. The Morgan fingerprint density at radius 2 is 1.92 bits per heavy atom. The van der Waals surface area contributed by atoms with E-state index in [1.807, 2.05) is 39.0 Å². The third-order valence-corrected chi connectivity index (χ3v) is 8.07. The summed E-state index contributed by atoms with van der Waals surface area (Å²) in [5, 5.41) is 24.6. The summed E-state index contributed by atoms with van der Waals surface area (Å²) in [6, 6.07) is 3.69. The standard InChI is InChI=1S/C27H35ClN2O7/c1-14-7-6-8-22(31)27(34)13-21(37-26(33)29-27)16(3)25-15(2)19(36-25)12-23(32)30(4)18-10-17(9-14)11-20(35-5)24(18)28/h6-8,10-11,15-16,19,21-22,25,31,34H,9,12-13H2,1-5H3,(H,29,33)/b8-6+,14-7+/t15?,16-,19-,21+,22-,25-,27+/m1/s1. The SMILES string of the molecule is COc1cc2cc(c1Cl)N(C)C(=O)C[C@H]1O[C@H](C1C)[C@H](C)[C@@H]1C[C@@](O)(NC(=O)O1)[C@H](O)/C=C/C=C(\C)C2. The Labute approximate surface area is 222 Å². The Morgan fingerprint density at radius 1 is 1.22 bits per heavy atom. The van der Waals surface area contributed by atoms with Crippen LogP contribution in [0.25, 0.3) is 0 Å². The molecule has 1 aromatic rings. The van der Waals surface area contributed by atoms with Crippen LogP contribution in [-0.2, 0) is 20.7 Å². The predicted octanol–water partition coefficient (Wildman–Crippen LogP) is 3.35. The third kappa shape index (κ3) is 5.50. The zero-order valence-corrected chi connectivity index (χ0v) is 22.5. The van der Waals surface area contributed by atoms with Gasteiger partial charge < -0.3 is 29.3 Å². The van der Waals surface area contributed by atoms with Gasteiger partial charge in [-0.3, -0.25) is 10.1 Å². The van der Waals surface area contributed by atoms with E-state index in [1.54, 1.807) is 13.1 Å². The number of benzene rings is 1. The van der Waals surface area contributed by atoms with Crippen molar-refractivity contribution in [3.63, 3.8) is 0 Å². The highest BCUT2D eigenvalue weighted by atomic mass is 35.5. The molecular formula is C27H35ClN2O7. The molecule has 4 aliphatic heterocycles. The summed E-state index contributed by atoms with van der Waals surface area (Å²) in [5.74, 6) is 0.0467. The van der Waals surface area contributed by atoms with Gasteiger partial charge in [-0.05, 0) is 31.0 Å². The molecule has 1 aromatic carbocycles. The van der Waals surface area contributed by atoms with E-state index in [9.17, 15) is 19.8 Å². The van der Waals surface area contributed by atoms with Gasteiger partial charge >= 0.3 is 6.09 Å². The monoisotopic (exact) mass is 534 g/mol. The van der Waals surface area contributed by atoms with Gasteiger partial charge in [0, 0.05) is 25.3 Å². The molecule has 0 aromatic heterocycles. The number of hydrogen-bond donors (Lipinski definition) is 3. The maximum Gasteiger partial charge on any atom is 0.409 e. The fraction of sp³-hybridized carbons (Fsp3) is 0.556. The molecule has 1 unspecified atom stereocenters. The Balaban J connectivity index is 1.70. The quantitative estimate of drug-likeness (QED) is 0.505. The molecule has 9 nitrogen and oxygen atoms in total. The number of halogens is 1. The smallest absolute Gasteiger partial charge is 0.409 e. The lowest BCUT2D eigenvalue weighted by atomic mass is 9.77. The van der Waals surface area contributed by atoms with Crippen LogP contribution in [0, 0.1) is 11.8 Å². The highest BCUT2D eigenvalue weighted by molar-refractivity contribution is 6.35. The number of alkyl carbamates (subject to hydrolysis) is 1. The minimum atomic E-state index is -1.89. The van der Waals surface area contributed by atoms with Gasteiger partial charge in [0.15, 0.2) is 5.72 Å². The highest BCUT2D eigenvalue weighted by Crippen LogP contribution is 2.41. The highest BCUT2D eigenvalue weighted by Gasteiger charge is 2.51. The number of aliphatic hydroxyl groups excluding tert-OH is 1. The van der Waals surface area contributed by atoms with Crippen molar-refractivity contribution in [3.05, 3.63) is 46.5 Å². The first-order chi connectivity index (χ1) is 17.4. The molecule has 5 rings (SSSR count). The predicted molar refractivity (Wildman–Crippen MR) is 139 cm³/mol. The van der Waals surface area contributed by atoms with Crippen molar-refractivity contribution in [2.24, 2.45) is 11.8 Å². The second-order valence-corrected chi connectivity index (χ2v) is 10.7. The van der Waals surface area contributed by atoms with E-state index in [4.69, 9.17) is 25.8 Å². The van der Waals surface area contributed by atoms with Crippen molar-refractivity contribution in [1.29, 1.82) is 0 Å². The largest absolute Gasteiger partial charge is 0.495 e. The molecule has 3 N–H and O–H groups in total. The minimum Gasteiger partial charge on any atom is -0.495 e. The van der Waals surface area contributed by atoms with Crippen molar-refractivity contribution >= 4 is 29.3 Å². The van der Waals surface area contributed by atoms with Crippen molar-refractivity contribution in [2.75, 3.05) is 19.1 Å². The molecule has 7 atom stereocenters. The molecule has 0 radical (unpaired) electrons. The number of aliphatic hydroxyl groups is 2. The van der Waals surface area contributed by atoms with Gasteiger partial charge in [-0.15, -0.1) is 0 Å². The van der Waals surface area contributed by atoms with Crippen molar-refractivity contribution < 1.29 is 34.0 Å². The number of fused-ring (bicyclic) bond motifs is 5. The fourth-order valence-electron chi connectivity index (χ4n) is 5.29. The second-order valence-electron chi connectivity index (χ2n) is 10.4. The van der Waals surface area contributed by atoms with Crippen LogP contribution in [0.1, 0.15) is 39.2 Å². The first-order valence-electron chi connectivity index (χ1n) is 12.4. The molecule has 0 saturated carbocycles. The second kappa shape index (κ2) is 10.6. The molecule has 2 saturated heterocycles. The van der Waals surface area contributed by atoms with Crippen LogP contribution in [0.15, 0.2) is 35.9 Å². The topological polar surface area (TPSA) is 118 Å². The molecule has 4 aliphatic rings. The molecule has 2 fully saturated rings. The van der Waals surface area contributed by atoms with Gasteiger partial charge in [-0.2, -0.15) is 0 Å². The first kappa shape index (κ1) is 27.4. The number of carbonyl (C=O) groups excluding carboxylic acids is 2. The molecule has 202 valence electrons. The van der Waals surface area contributed by atoms with E-state index in [0.29, 0.717) is 22.9 Å².